The van der Waals surface area contributed by atoms with Gasteiger partial charge in [-0.2, -0.15) is 5.26 Å². The van der Waals surface area contributed by atoms with Gasteiger partial charge in [-0.1, -0.05) is 11.6 Å². The highest BCUT2D eigenvalue weighted by atomic mass is 35.5. The van der Waals surface area contributed by atoms with Crippen LogP contribution in [0.15, 0.2) is 35.5 Å². The second-order valence-electron chi connectivity index (χ2n) is 6.87. The Bertz CT molecular complexity index is 1120. The molecule has 1 aromatic carbocycles. The molecule has 2 aromatic rings. The van der Waals surface area contributed by atoms with Gasteiger partial charge in [-0.15, -0.1) is 0 Å². The first kappa shape index (κ1) is 20.0. The van der Waals surface area contributed by atoms with Crippen molar-refractivity contribution in [3.8, 4) is 6.07 Å². The minimum Gasteiger partial charge on any atom is -0.462 e. The molecule has 1 aromatic heterocycles. The largest absolute Gasteiger partial charge is 0.462 e. The van der Waals surface area contributed by atoms with Gasteiger partial charge in [0.05, 0.1) is 23.8 Å². The standard InChI is InChI=1S/C19H14ClF2N5O3/c20-13-3-10(5-23)6-25-15(13)16(28)26-11-1-2-14(21)12(4-11)19-9-29-7-18(19,22)8-30-17(24)27-19/h1-4,6H,7-9H2,(H2,24,27)(H,26,28). The molecule has 0 spiro atoms. The quantitative estimate of drug-likeness (QED) is 0.765. The summed E-state index contributed by atoms with van der Waals surface area (Å²) in [5, 5.41) is 11.4. The number of carbonyl (C=O) groups excluding carboxylic acids is 1. The van der Waals surface area contributed by atoms with Gasteiger partial charge in [0, 0.05) is 17.4 Å². The van der Waals surface area contributed by atoms with Crippen molar-refractivity contribution < 1.29 is 23.0 Å². The van der Waals surface area contributed by atoms with E-state index in [1.165, 1.54) is 24.4 Å². The Morgan fingerprint density at radius 1 is 1.33 bits per heavy atom. The number of ether oxygens (including phenoxy) is 2. The van der Waals surface area contributed by atoms with Crippen molar-refractivity contribution in [1.29, 1.82) is 5.26 Å². The predicted molar refractivity (Wildman–Crippen MR) is 102 cm³/mol. The van der Waals surface area contributed by atoms with Crippen molar-refractivity contribution in [1.82, 2.24) is 4.98 Å². The first-order valence-corrected chi connectivity index (χ1v) is 9.08. The highest BCUT2D eigenvalue weighted by molar-refractivity contribution is 6.34. The first-order chi connectivity index (χ1) is 14.3. The normalized spacial score (nSPS) is 24.9. The third kappa shape index (κ3) is 3.12. The average molecular weight is 434 g/mol. The summed E-state index contributed by atoms with van der Waals surface area (Å²) in [6, 6.07) is 6.51. The first-order valence-electron chi connectivity index (χ1n) is 8.70. The molecule has 2 atom stereocenters. The van der Waals surface area contributed by atoms with Crippen LogP contribution in [0.25, 0.3) is 0 Å². The number of fused-ring (bicyclic) bond motifs is 1. The molecule has 1 fully saturated rings. The van der Waals surface area contributed by atoms with Gasteiger partial charge >= 0.3 is 0 Å². The number of aromatic nitrogens is 1. The summed E-state index contributed by atoms with van der Waals surface area (Å²) in [6.07, 6.45) is 1.20. The third-order valence-electron chi connectivity index (χ3n) is 4.99. The van der Waals surface area contributed by atoms with Crippen LogP contribution in [-0.2, 0) is 15.0 Å². The van der Waals surface area contributed by atoms with Crippen molar-refractivity contribution in [2.45, 2.75) is 11.2 Å². The number of hydrogen-bond acceptors (Lipinski definition) is 7. The fraction of sp³-hybridized carbons (Fsp3) is 0.263. The summed E-state index contributed by atoms with van der Waals surface area (Å²) in [5.41, 5.74) is 1.84. The highest BCUT2D eigenvalue weighted by Gasteiger charge is 2.62. The molecule has 3 N–H and O–H groups in total. The average Bonchev–Trinajstić information content (AvgIpc) is 3.06. The molecular formula is C19H14ClF2N5O3. The molecule has 1 saturated heterocycles. The molecule has 0 bridgehead atoms. The number of nitriles is 1. The van der Waals surface area contributed by atoms with Gasteiger partial charge in [0.2, 0.25) is 0 Å². The number of nitrogens with zero attached hydrogens (tertiary/aromatic N) is 3. The SMILES string of the molecule is N#Cc1cnc(C(=O)Nc2ccc(F)c(C34COCC3(F)COC(N)=N4)c2)c(Cl)c1. The topological polar surface area (TPSA) is 123 Å². The Balaban J connectivity index is 1.70. The zero-order valence-electron chi connectivity index (χ0n) is 15.3. The van der Waals surface area contributed by atoms with Crippen molar-refractivity contribution in [3.05, 3.63) is 58.1 Å². The molecule has 1 amide bonds. The number of nitrogens with one attached hydrogen (secondary N) is 1. The Morgan fingerprint density at radius 3 is 2.87 bits per heavy atom. The zero-order chi connectivity index (χ0) is 21.5. The minimum absolute atomic E-state index is 0.0266. The molecule has 2 aliphatic heterocycles. The molecule has 0 aliphatic carbocycles. The number of amidine groups is 1. The van der Waals surface area contributed by atoms with Crippen LogP contribution in [0.3, 0.4) is 0 Å². The lowest BCUT2D eigenvalue weighted by Gasteiger charge is -2.38. The summed E-state index contributed by atoms with van der Waals surface area (Å²) < 4.78 is 40.5. The van der Waals surface area contributed by atoms with Gasteiger partial charge in [-0.05, 0) is 24.3 Å². The third-order valence-corrected chi connectivity index (χ3v) is 5.28. The summed E-state index contributed by atoms with van der Waals surface area (Å²) in [6.45, 7) is -1.03. The lowest BCUT2D eigenvalue weighted by Crippen LogP contribution is -2.55. The Kier molecular flexibility index (Phi) is 4.80. The predicted octanol–water partition coefficient (Wildman–Crippen LogP) is 2.28. The maximum Gasteiger partial charge on any atom is 0.283 e. The number of halogens is 3. The molecule has 30 heavy (non-hydrogen) atoms. The molecular weight excluding hydrogens is 420 g/mol. The van der Waals surface area contributed by atoms with Crippen LogP contribution in [0.2, 0.25) is 5.02 Å². The monoisotopic (exact) mass is 433 g/mol. The van der Waals surface area contributed by atoms with Crippen LogP contribution in [0.4, 0.5) is 14.5 Å². The number of aliphatic imine (C=N–C) groups is 1. The number of anilines is 1. The fourth-order valence-corrected chi connectivity index (χ4v) is 3.72. The molecule has 154 valence electrons. The van der Waals surface area contributed by atoms with Gasteiger partial charge < -0.3 is 20.5 Å². The van der Waals surface area contributed by atoms with Gasteiger partial charge in [0.15, 0.2) is 11.2 Å². The number of nitrogens with two attached hydrogens (primary N) is 1. The van der Waals surface area contributed by atoms with E-state index in [9.17, 15) is 9.18 Å². The number of carbonyl (C=O) groups is 1. The Hall–Kier alpha value is -3.29. The molecule has 3 heterocycles. The summed E-state index contributed by atoms with van der Waals surface area (Å²) >= 11 is 6.01. The number of hydrogen-bond donors (Lipinski definition) is 2. The van der Waals surface area contributed by atoms with Crippen LogP contribution in [-0.4, -0.2) is 42.4 Å². The summed E-state index contributed by atoms with van der Waals surface area (Å²) in [7, 11) is 0. The Labute approximate surface area is 174 Å². The molecule has 2 aliphatic rings. The Morgan fingerprint density at radius 2 is 2.13 bits per heavy atom. The van der Waals surface area contributed by atoms with E-state index in [-0.39, 0.29) is 46.8 Å². The number of alkyl halides is 1. The van der Waals surface area contributed by atoms with Crippen molar-refractivity contribution in [3.63, 3.8) is 0 Å². The van der Waals surface area contributed by atoms with E-state index in [0.717, 1.165) is 6.07 Å². The number of pyridine rings is 1. The van der Waals surface area contributed by atoms with Crippen LogP contribution in [0.1, 0.15) is 21.6 Å². The van der Waals surface area contributed by atoms with E-state index >= 15 is 4.39 Å². The number of rotatable bonds is 3. The maximum atomic E-state index is 15.5. The molecule has 0 saturated carbocycles. The zero-order valence-corrected chi connectivity index (χ0v) is 16.0. The molecule has 4 rings (SSSR count). The lowest BCUT2D eigenvalue weighted by molar-refractivity contribution is 0.00905. The minimum atomic E-state index is -2.13. The second-order valence-corrected chi connectivity index (χ2v) is 7.28. The molecule has 0 radical (unpaired) electrons. The van der Waals surface area contributed by atoms with Gasteiger partial charge in [0.25, 0.3) is 11.9 Å². The van der Waals surface area contributed by atoms with Crippen LogP contribution < -0.4 is 11.1 Å². The van der Waals surface area contributed by atoms with E-state index in [0.29, 0.717) is 0 Å². The second kappa shape index (κ2) is 7.19. The highest BCUT2D eigenvalue weighted by Crippen LogP contribution is 2.48. The van der Waals surface area contributed by atoms with Gasteiger partial charge in [-0.25, -0.2) is 18.8 Å². The van der Waals surface area contributed by atoms with Gasteiger partial charge in [-0.3, -0.25) is 4.79 Å². The molecule has 11 heteroatoms. The van der Waals surface area contributed by atoms with E-state index in [1.807, 2.05) is 6.07 Å². The van der Waals surface area contributed by atoms with Crippen LogP contribution in [0, 0.1) is 17.1 Å². The summed E-state index contributed by atoms with van der Waals surface area (Å²) in [4.78, 5) is 20.5. The van der Waals surface area contributed by atoms with E-state index in [2.05, 4.69) is 15.3 Å². The molecule has 2 unspecified atom stereocenters. The van der Waals surface area contributed by atoms with Crippen molar-refractivity contribution in [2.75, 3.05) is 25.1 Å². The number of benzene rings is 1. The molecule has 8 nitrogen and oxygen atoms in total. The number of amides is 1. The lowest BCUT2D eigenvalue weighted by atomic mass is 9.78. The van der Waals surface area contributed by atoms with E-state index in [4.69, 9.17) is 32.1 Å². The van der Waals surface area contributed by atoms with E-state index in [1.54, 1.807) is 0 Å². The maximum absolute atomic E-state index is 15.5. The fourth-order valence-electron chi connectivity index (χ4n) is 3.47. The van der Waals surface area contributed by atoms with Crippen molar-refractivity contribution >= 4 is 29.2 Å². The van der Waals surface area contributed by atoms with Crippen LogP contribution in [0.5, 0.6) is 0 Å². The van der Waals surface area contributed by atoms with Crippen molar-refractivity contribution in [2.24, 2.45) is 10.7 Å². The smallest absolute Gasteiger partial charge is 0.283 e. The van der Waals surface area contributed by atoms with Crippen LogP contribution >= 0.6 is 11.6 Å². The van der Waals surface area contributed by atoms with Gasteiger partial charge in [0.1, 0.15) is 24.2 Å². The van der Waals surface area contributed by atoms with E-state index < -0.39 is 29.5 Å². The summed E-state index contributed by atoms with van der Waals surface area (Å²) in [5.74, 6) is -1.43.